The van der Waals surface area contributed by atoms with E-state index in [0.717, 1.165) is 6.42 Å². The van der Waals surface area contributed by atoms with E-state index in [-0.39, 0.29) is 5.17 Å². The minimum atomic E-state index is 0.249. The van der Waals surface area contributed by atoms with Crippen LogP contribution in [0.4, 0.5) is 0 Å². The minimum Gasteiger partial charge on any atom is -0.410 e. The molecule has 0 aromatic heterocycles. The van der Waals surface area contributed by atoms with Gasteiger partial charge in [0.15, 0.2) is 0 Å². The van der Waals surface area contributed by atoms with Crippen molar-refractivity contribution in [1.82, 2.24) is 0 Å². The maximum Gasteiger partial charge on any atom is 0.145 e. The van der Waals surface area contributed by atoms with Crippen molar-refractivity contribution in [2.45, 2.75) is 12.8 Å². The van der Waals surface area contributed by atoms with Gasteiger partial charge in [0.25, 0.3) is 0 Å². The molecular weight excluding hydrogens is 174 g/mol. The molecule has 2 nitrogen and oxygen atoms in total. The molecule has 1 N–H and O–H groups in total. The van der Waals surface area contributed by atoms with Gasteiger partial charge in [-0.15, -0.1) is 0 Å². The van der Waals surface area contributed by atoms with Gasteiger partial charge in [0.05, 0.1) is 0 Å². The first kappa shape index (κ1) is 9.07. The van der Waals surface area contributed by atoms with Gasteiger partial charge in [-0.2, -0.15) is 0 Å². The van der Waals surface area contributed by atoms with E-state index in [4.69, 9.17) is 16.8 Å². The van der Waals surface area contributed by atoms with Crippen molar-refractivity contribution in [3.63, 3.8) is 0 Å². The summed E-state index contributed by atoms with van der Waals surface area (Å²) in [5.41, 5.74) is 1.19. The Morgan fingerprint density at radius 2 is 2.00 bits per heavy atom. The van der Waals surface area contributed by atoms with Crippen molar-refractivity contribution in [1.29, 1.82) is 0 Å². The number of aryl methyl sites for hydroxylation is 1. The molecule has 0 aliphatic rings. The van der Waals surface area contributed by atoms with Crippen molar-refractivity contribution in [3.8, 4) is 0 Å². The van der Waals surface area contributed by atoms with Crippen molar-refractivity contribution in [2.24, 2.45) is 5.16 Å². The molecule has 0 amide bonds. The summed E-state index contributed by atoms with van der Waals surface area (Å²) in [6.07, 6.45) is 1.39. The summed E-state index contributed by atoms with van der Waals surface area (Å²) in [5.74, 6) is 0. The van der Waals surface area contributed by atoms with E-state index in [0.29, 0.717) is 6.42 Å². The monoisotopic (exact) mass is 183 g/mol. The number of hydrogen-bond acceptors (Lipinski definition) is 2. The van der Waals surface area contributed by atoms with Crippen LogP contribution >= 0.6 is 11.6 Å². The summed E-state index contributed by atoms with van der Waals surface area (Å²) in [7, 11) is 0. The number of hydrogen-bond donors (Lipinski definition) is 1. The van der Waals surface area contributed by atoms with E-state index in [9.17, 15) is 0 Å². The topological polar surface area (TPSA) is 32.6 Å². The Labute approximate surface area is 76.5 Å². The van der Waals surface area contributed by atoms with Crippen molar-refractivity contribution in [2.75, 3.05) is 0 Å². The molecule has 0 spiro atoms. The fourth-order valence-electron chi connectivity index (χ4n) is 0.942. The van der Waals surface area contributed by atoms with Crippen LogP contribution in [0.15, 0.2) is 35.5 Å². The normalized spacial score (nSPS) is 11.6. The Morgan fingerprint density at radius 3 is 2.58 bits per heavy atom. The first-order valence-corrected chi connectivity index (χ1v) is 4.11. The summed E-state index contributed by atoms with van der Waals surface area (Å²) in [6, 6.07) is 9.94. The predicted octanol–water partition coefficient (Wildman–Crippen LogP) is 2.65. The average molecular weight is 184 g/mol. The number of halogens is 1. The second-order valence-corrected chi connectivity index (χ2v) is 2.90. The molecule has 0 aliphatic carbocycles. The second-order valence-electron chi connectivity index (χ2n) is 2.46. The third kappa shape index (κ3) is 2.93. The maximum atomic E-state index is 8.27. The molecule has 1 rings (SSSR count). The average Bonchev–Trinajstić information content (AvgIpc) is 2.16. The highest BCUT2D eigenvalue weighted by Gasteiger charge is 1.95. The fraction of sp³-hybridized carbons (Fsp3) is 0.222. The smallest absolute Gasteiger partial charge is 0.145 e. The standard InChI is InChI=1S/C9H10ClNO/c10-9(11-12)7-6-8-4-2-1-3-5-8/h1-5,12H,6-7H2/b11-9+. The van der Waals surface area contributed by atoms with Crippen LogP contribution < -0.4 is 0 Å². The van der Waals surface area contributed by atoms with Crippen LogP contribution in [0, 0.1) is 0 Å². The molecule has 1 aromatic rings. The summed E-state index contributed by atoms with van der Waals surface area (Å²) in [5, 5.41) is 11.4. The SMILES string of the molecule is O/N=C(/Cl)CCc1ccccc1. The molecule has 0 fully saturated rings. The van der Waals surface area contributed by atoms with Gasteiger partial charge in [-0.1, -0.05) is 47.1 Å². The molecule has 3 heteroatoms. The first-order valence-electron chi connectivity index (χ1n) is 3.73. The molecule has 1 aromatic carbocycles. The van der Waals surface area contributed by atoms with Crippen LogP contribution in [0.5, 0.6) is 0 Å². The molecule has 64 valence electrons. The van der Waals surface area contributed by atoms with Gasteiger partial charge in [0.1, 0.15) is 5.17 Å². The Balaban J connectivity index is 2.44. The molecular formula is C9H10ClNO. The Hall–Kier alpha value is -1.02. The lowest BCUT2D eigenvalue weighted by atomic mass is 10.1. The van der Waals surface area contributed by atoms with Gasteiger partial charge < -0.3 is 5.21 Å². The minimum absolute atomic E-state index is 0.249. The van der Waals surface area contributed by atoms with Gasteiger partial charge in [-0.25, -0.2) is 0 Å². The fourth-order valence-corrected chi connectivity index (χ4v) is 1.04. The van der Waals surface area contributed by atoms with Crippen LogP contribution in [0.1, 0.15) is 12.0 Å². The number of benzene rings is 1. The molecule has 0 heterocycles. The van der Waals surface area contributed by atoms with Gasteiger partial charge in [0, 0.05) is 6.42 Å². The predicted molar refractivity (Wildman–Crippen MR) is 49.8 cm³/mol. The van der Waals surface area contributed by atoms with Crippen molar-refractivity contribution < 1.29 is 5.21 Å². The number of oxime groups is 1. The zero-order valence-electron chi connectivity index (χ0n) is 6.57. The van der Waals surface area contributed by atoms with E-state index in [1.54, 1.807) is 0 Å². The Morgan fingerprint density at radius 1 is 1.33 bits per heavy atom. The molecule has 0 atom stereocenters. The largest absolute Gasteiger partial charge is 0.410 e. The van der Waals surface area contributed by atoms with Crippen molar-refractivity contribution in [3.05, 3.63) is 35.9 Å². The van der Waals surface area contributed by atoms with Crippen LogP contribution in [0.2, 0.25) is 0 Å². The summed E-state index contributed by atoms with van der Waals surface area (Å²) in [6.45, 7) is 0. The summed E-state index contributed by atoms with van der Waals surface area (Å²) in [4.78, 5) is 0. The lowest BCUT2D eigenvalue weighted by molar-refractivity contribution is 0.319. The van der Waals surface area contributed by atoms with Gasteiger partial charge in [0.2, 0.25) is 0 Å². The summed E-state index contributed by atoms with van der Waals surface area (Å²) >= 11 is 5.52. The molecule has 0 saturated carbocycles. The lowest BCUT2D eigenvalue weighted by Crippen LogP contribution is -1.91. The summed E-state index contributed by atoms with van der Waals surface area (Å²) < 4.78 is 0. The van der Waals surface area contributed by atoms with Crippen LogP contribution in [0.3, 0.4) is 0 Å². The van der Waals surface area contributed by atoms with E-state index < -0.39 is 0 Å². The van der Waals surface area contributed by atoms with Crippen LogP contribution in [0.25, 0.3) is 0 Å². The zero-order chi connectivity index (χ0) is 8.81. The zero-order valence-corrected chi connectivity index (χ0v) is 7.33. The van der Waals surface area contributed by atoms with Crippen LogP contribution in [-0.2, 0) is 6.42 Å². The second kappa shape index (κ2) is 4.78. The molecule has 0 aliphatic heterocycles. The van der Waals surface area contributed by atoms with E-state index in [1.807, 2.05) is 30.3 Å². The molecule has 12 heavy (non-hydrogen) atoms. The van der Waals surface area contributed by atoms with Gasteiger partial charge in [-0.05, 0) is 12.0 Å². The van der Waals surface area contributed by atoms with E-state index >= 15 is 0 Å². The Kier molecular flexibility index (Phi) is 3.61. The highest BCUT2D eigenvalue weighted by atomic mass is 35.5. The highest BCUT2D eigenvalue weighted by Crippen LogP contribution is 2.04. The number of nitrogens with zero attached hydrogens (tertiary/aromatic N) is 1. The maximum absolute atomic E-state index is 8.27. The van der Waals surface area contributed by atoms with Gasteiger partial charge in [-0.3, -0.25) is 0 Å². The number of rotatable bonds is 3. The van der Waals surface area contributed by atoms with Gasteiger partial charge >= 0.3 is 0 Å². The third-order valence-electron chi connectivity index (χ3n) is 1.57. The van der Waals surface area contributed by atoms with E-state index in [1.165, 1.54) is 5.56 Å². The van der Waals surface area contributed by atoms with E-state index in [2.05, 4.69) is 5.16 Å². The first-order chi connectivity index (χ1) is 5.83. The van der Waals surface area contributed by atoms with Crippen LogP contribution in [-0.4, -0.2) is 10.4 Å². The third-order valence-corrected chi connectivity index (χ3v) is 1.84. The van der Waals surface area contributed by atoms with Crippen molar-refractivity contribution >= 4 is 16.8 Å². The molecule has 0 bridgehead atoms. The molecule has 0 radical (unpaired) electrons. The lowest BCUT2D eigenvalue weighted by Gasteiger charge is -1.97. The molecule has 0 saturated heterocycles. The molecule has 0 unspecified atom stereocenters. The quantitative estimate of drug-likeness (QED) is 0.436. The Bertz CT molecular complexity index is 258. The highest BCUT2D eigenvalue weighted by molar-refractivity contribution is 6.65.